The zero-order chi connectivity index (χ0) is 25.8. The highest BCUT2D eigenvalue weighted by Crippen LogP contribution is 2.23. The Balaban J connectivity index is 1.27. The summed E-state index contributed by atoms with van der Waals surface area (Å²) in [6.07, 6.45) is 3.50. The number of rotatable bonds is 8. The molecule has 0 radical (unpaired) electrons. The number of ether oxygens (including phenoxy) is 1. The second kappa shape index (κ2) is 10.5. The number of hydrogen-bond acceptors (Lipinski definition) is 10. The van der Waals surface area contributed by atoms with Crippen LogP contribution in [0.5, 0.6) is 0 Å². The third-order valence-corrected chi connectivity index (χ3v) is 5.93. The van der Waals surface area contributed by atoms with E-state index in [-0.39, 0.29) is 17.4 Å². The van der Waals surface area contributed by atoms with Crippen molar-refractivity contribution in [3.05, 3.63) is 70.5 Å². The Bertz CT molecular complexity index is 1430. The van der Waals surface area contributed by atoms with Crippen molar-refractivity contribution >= 4 is 34.8 Å². The number of anilines is 3. The molecular formula is C24H25N9O4. The number of pyridine rings is 1. The lowest BCUT2D eigenvalue weighted by Crippen LogP contribution is -2.40. The third kappa shape index (κ3) is 5.26. The van der Waals surface area contributed by atoms with Crippen LogP contribution >= 0.6 is 0 Å². The summed E-state index contributed by atoms with van der Waals surface area (Å²) < 4.78 is 7.16. The van der Waals surface area contributed by atoms with Crippen LogP contribution in [0.25, 0.3) is 16.9 Å². The maximum absolute atomic E-state index is 12.7. The second-order valence-corrected chi connectivity index (χ2v) is 8.31. The monoisotopic (exact) mass is 503 g/mol. The minimum Gasteiger partial charge on any atom is -0.378 e. The zero-order valence-electron chi connectivity index (χ0n) is 19.8. The average molecular weight is 504 g/mol. The van der Waals surface area contributed by atoms with Crippen molar-refractivity contribution in [3.63, 3.8) is 0 Å². The Labute approximate surface area is 211 Å². The second-order valence-electron chi connectivity index (χ2n) is 8.31. The van der Waals surface area contributed by atoms with Crippen molar-refractivity contribution < 1.29 is 14.5 Å². The quantitative estimate of drug-likeness (QED) is 0.184. The van der Waals surface area contributed by atoms with Gasteiger partial charge in [-0.1, -0.05) is 12.1 Å². The van der Waals surface area contributed by atoms with Gasteiger partial charge in [0.05, 0.1) is 23.8 Å². The number of carbonyl (C=O) groups excluding carboxylic acids is 1. The van der Waals surface area contributed by atoms with Gasteiger partial charge < -0.3 is 26.0 Å². The first kappa shape index (κ1) is 23.9. The number of amides is 1. The number of carbonyl (C=O) groups is 1. The molecule has 13 nitrogen and oxygen atoms in total. The summed E-state index contributed by atoms with van der Waals surface area (Å²) in [5.41, 5.74) is 8.33. The van der Waals surface area contributed by atoms with Gasteiger partial charge in [0.2, 0.25) is 11.8 Å². The maximum atomic E-state index is 12.7. The normalized spacial score (nSPS) is 13.5. The van der Waals surface area contributed by atoms with Crippen molar-refractivity contribution in [2.24, 2.45) is 0 Å². The first-order valence-corrected chi connectivity index (χ1v) is 11.7. The Hall–Kier alpha value is -4.78. The highest BCUT2D eigenvalue weighted by atomic mass is 16.6. The van der Waals surface area contributed by atoms with E-state index >= 15 is 0 Å². The van der Waals surface area contributed by atoms with Crippen LogP contribution in [0.2, 0.25) is 0 Å². The molecule has 0 saturated carbocycles. The summed E-state index contributed by atoms with van der Waals surface area (Å²) in [7, 11) is 0. The van der Waals surface area contributed by atoms with E-state index in [2.05, 4.69) is 20.6 Å². The van der Waals surface area contributed by atoms with Crippen LogP contribution in [-0.4, -0.2) is 74.5 Å². The van der Waals surface area contributed by atoms with Gasteiger partial charge in [-0.05, 0) is 18.2 Å². The lowest BCUT2D eigenvalue weighted by Gasteiger charge is -2.26. The Morgan fingerprint density at radius 3 is 2.57 bits per heavy atom. The molecule has 1 aliphatic rings. The molecule has 13 heteroatoms. The molecule has 0 unspecified atom stereocenters. The maximum Gasteiger partial charge on any atom is 0.311 e. The number of nitro groups is 1. The SMILES string of the molecule is Nc1nc(NCCNc2nc(-c3ccc(C(=O)N4CCOCC4)cc3)cc3nccn23)ccc1[N+](=O)[O-]. The fraction of sp³-hybridized carbons (Fsp3) is 0.250. The van der Waals surface area contributed by atoms with E-state index in [0.717, 1.165) is 11.2 Å². The third-order valence-electron chi connectivity index (χ3n) is 5.93. The summed E-state index contributed by atoms with van der Waals surface area (Å²) in [5.74, 6) is 0.878. The van der Waals surface area contributed by atoms with Crippen LogP contribution in [0, 0.1) is 10.1 Å². The van der Waals surface area contributed by atoms with Gasteiger partial charge >= 0.3 is 5.69 Å². The number of nitrogen functional groups attached to an aromatic ring is 1. The molecule has 1 aromatic carbocycles. The van der Waals surface area contributed by atoms with Crippen molar-refractivity contribution in [2.75, 3.05) is 55.8 Å². The number of nitrogens with one attached hydrogen (secondary N) is 2. The van der Waals surface area contributed by atoms with Crippen molar-refractivity contribution in [1.29, 1.82) is 0 Å². The van der Waals surface area contributed by atoms with Crippen LogP contribution < -0.4 is 16.4 Å². The molecule has 5 rings (SSSR count). The van der Waals surface area contributed by atoms with Crippen LogP contribution in [-0.2, 0) is 4.74 Å². The summed E-state index contributed by atoms with van der Waals surface area (Å²) in [4.78, 5) is 38.0. The fourth-order valence-electron chi connectivity index (χ4n) is 4.01. The molecule has 0 bridgehead atoms. The van der Waals surface area contributed by atoms with Gasteiger partial charge in [-0.2, -0.15) is 0 Å². The topological polar surface area (TPSA) is 166 Å². The van der Waals surface area contributed by atoms with Gasteiger partial charge in [-0.25, -0.2) is 15.0 Å². The van der Waals surface area contributed by atoms with E-state index in [1.54, 1.807) is 11.1 Å². The van der Waals surface area contributed by atoms with E-state index in [4.69, 9.17) is 15.5 Å². The molecule has 4 heterocycles. The average Bonchev–Trinajstić information content (AvgIpc) is 3.40. The lowest BCUT2D eigenvalue weighted by molar-refractivity contribution is -0.384. The predicted molar refractivity (Wildman–Crippen MR) is 137 cm³/mol. The molecule has 1 fully saturated rings. The van der Waals surface area contributed by atoms with Crippen LogP contribution in [0.15, 0.2) is 54.9 Å². The minimum absolute atomic E-state index is 0.00867. The standard InChI is InChI=1S/C24H25N9O4/c25-22-19(33(35)36)5-6-20(30-22)26-7-8-28-24-29-18(15-21-27-9-10-32(21)24)16-1-3-17(4-2-16)23(34)31-11-13-37-14-12-31/h1-6,9-10,15H,7-8,11-14H2,(H,28,29)(H3,25,26,30). The van der Waals surface area contributed by atoms with Crippen LogP contribution in [0.4, 0.5) is 23.3 Å². The van der Waals surface area contributed by atoms with E-state index < -0.39 is 4.92 Å². The van der Waals surface area contributed by atoms with Gasteiger partial charge in [0.25, 0.3) is 5.91 Å². The molecule has 0 spiro atoms. The minimum atomic E-state index is -0.571. The number of nitrogens with two attached hydrogens (primary N) is 1. The molecule has 190 valence electrons. The number of aromatic nitrogens is 4. The molecule has 1 aliphatic heterocycles. The van der Waals surface area contributed by atoms with Crippen molar-refractivity contribution in [2.45, 2.75) is 0 Å². The number of morpholine rings is 1. The number of fused-ring (bicyclic) bond motifs is 1. The highest BCUT2D eigenvalue weighted by Gasteiger charge is 2.19. The smallest absolute Gasteiger partial charge is 0.311 e. The Morgan fingerprint density at radius 1 is 1.08 bits per heavy atom. The van der Waals surface area contributed by atoms with E-state index in [1.807, 2.05) is 40.9 Å². The molecule has 1 saturated heterocycles. The molecule has 4 N–H and O–H groups in total. The van der Waals surface area contributed by atoms with Crippen molar-refractivity contribution in [1.82, 2.24) is 24.3 Å². The lowest BCUT2D eigenvalue weighted by atomic mass is 10.1. The van der Waals surface area contributed by atoms with Gasteiger partial charge in [0, 0.05) is 61.8 Å². The Morgan fingerprint density at radius 2 is 1.84 bits per heavy atom. The summed E-state index contributed by atoms with van der Waals surface area (Å²) in [5, 5.41) is 17.3. The number of nitrogens with zero attached hydrogens (tertiary/aromatic N) is 6. The van der Waals surface area contributed by atoms with Gasteiger partial charge in [0.15, 0.2) is 0 Å². The fourth-order valence-corrected chi connectivity index (χ4v) is 4.01. The van der Waals surface area contributed by atoms with E-state index in [1.165, 1.54) is 12.1 Å². The molecule has 1 amide bonds. The van der Waals surface area contributed by atoms with Crippen molar-refractivity contribution in [3.8, 4) is 11.3 Å². The first-order chi connectivity index (χ1) is 18.0. The molecule has 0 atom stereocenters. The Kier molecular flexibility index (Phi) is 6.76. The van der Waals surface area contributed by atoms with Gasteiger partial charge in [-0.3, -0.25) is 19.3 Å². The summed E-state index contributed by atoms with van der Waals surface area (Å²) >= 11 is 0. The number of imidazole rings is 1. The number of hydrogen-bond donors (Lipinski definition) is 3. The van der Waals surface area contributed by atoms with Crippen LogP contribution in [0.3, 0.4) is 0 Å². The van der Waals surface area contributed by atoms with Gasteiger partial charge in [0.1, 0.15) is 11.5 Å². The molecule has 4 aromatic rings. The largest absolute Gasteiger partial charge is 0.378 e. The summed E-state index contributed by atoms with van der Waals surface area (Å²) in [6.45, 7) is 3.25. The molecule has 37 heavy (non-hydrogen) atoms. The van der Waals surface area contributed by atoms with Gasteiger partial charge in [-0.15, -0.1) is 0 Å². The molecular weight excluding hydrogens is 478 g/mol. The molecule has 0 aliphatic carbocycles. The van der Waals surface area contributed by atoms with Crippen LogP contribution in [0.1, 0.15) is 10.4 Å². The predicted octanol–water partition coefficient (Wildman–Crippen LogP) is 2.28. The number of benzene rings is 1. The van der Waals surface area contributed by atoms with E-state index in [0.29, 0.717) is 62.4 Å². The highest BCUT2D eigenvalue weighted by molar-refractivity contribution is 5.94. The molecule has 3 aromatic heterocycles. The zero-order valence-corrected chi connectivity index (χ0v) is 19.8. The summed E-state index contributed by atoms with van der Waals surface area (Å²) in [6, 6.07) is 12.1. The first-order valence-electron chi connectivity index (χ1n) is 11.7. The van der Waals surface area contributed by atoms with E-state index in [9.17, 15) is 14.9 Å².